The first-order chi connectivity index (χ1) is 9.58. The van der Waals surface area contributed by atoms with Crippen LogP contribution in [0.25, 0.3) is 0 Å². The molecule has 3 atom stereocenters. The molecule has 1 amide bonds. The van der Waals surface area contributed by atoms with Gasteiger partial charge in [0, 0.05) is 19.3 Å². The third kappa shape index (κ3) is 2.09. The monoisotopic (exact) mass is 277 g/mol. The van der Waals surface area contributed by atoms with Gasteiger partial charge in [0.25, 0.3) is 5.91 Å². The van der Waals surface area contributed by atoms with Crippen molar-refractivity contribution in [2.45, 2.75) is 44.2 Å². The number of imidazole rings is 1. The van der Waals surface area contributed by atoms with Crippen molar-refractivity contribution in [3.8, 4) is 0 Å². The Bertz CT molecular complexity index is 540. The van der Waals surface area contributed by atoms with Gasteiger partial charge in [0.1, 0.15) is 11.7 Å². The number of amides is 1. The molecule has 0 radical (unpaired) electrons. The van der Waals surface area contributed by atoms with E-state index in [2.05, 4.69) is 4.98 Å². The maximum absolute atomic E-state index is 12.6. The summed E-state index contributed by atoms with van der Waals surface area (Å²) in [5.74, 6) is -0.811. The maximum Gasteiger partial charge on any atom is 0.326 e. The largest absolute Gasteiger partial charge is 0.480 e. The van der Waals surface area contributed by atoms with Gasteiger partial charge in [-0.1, -0.05) is 12.8 Å². The second kappa shape index (κ2) is 4.92. The lowest BCUT2D eigenvalue weighted by Crippen LogP contribution is -2.46. The highest BCUT2D eigenvalue weighted by molar-refractivity contribution is 5.95. The number of nitrogens with zero attached hydrogens (tertiary/aromatic N) is 3. The van der Waals surface area contributed by atoms with E-state index in [-0.39, 0.29) is 11.9 Å². The SMILES string of the molecule is Cn1cnc(C(=O)N2[C@@H]3CCCC[C@@H]3C[C@H]2C(=O)O)c1. The average molecular weight is 277 g/mol. The first-order valence-electron chi connectivity index (χ1n) is 7.11. The summed E-state index contributed by atoms with van der Waals surface area (Å²) in [6, 6.07) is -0.628. The Labute approximate surface area is 117 Å². The molecule has 6 heteroatoms. The number of likely N-dealkylation sites (tertiary alicyclic amines) is 1. The number of rotatable bonds is 2. The van der Waals surface area contributed by atoms with Crippen molar-refractivity contribution in [3.05, 3.63) is 18.2 Å². The van der Waals surface area contributed by atoms with Crippen molar-refractivity contribution < 1.29 is 14.7 Å². The Morgan fingerprint density at radius 2 is 2.10 bits per heavy atom. The minimum Gasteiger partial charge on any atom is -0.480 e. The Morgan fingerprint density at radius 3 is 2.75 bits per heavy atom. The molecule has 0 unspecified atom stereocenters. The van der Waals surface area contributed by atoms with E-state index in [1.54, 1.807) is 29.0 Å². The molecule has 1 aliphatic heterocycles. The zero-order valence-electron chi connectivity index (χ0n) is 11.5. The van der Waals surface area contributed by atoms with Gasteiger partial charge in [0.15, 0.2) is 0 Å². The molecule has 1 saturated heterocycles. The number of carboxylic acids is 1. The van der Waals surface area contributed by atoms with Crippen LogP contribution in [0, 0.1) is 5.92 Å². The van der Waals surface area contributed by atoms with E-state index in [1.807, 2.05) is 0 Å². The molecule has 2 aliphatic rings. The van der Waals surface area contributed by atoms with Gasteiger partial charge >= 0.3 is 5.97 Å². The lowest BCUT2D eigenvalue weighted by molar-refractivity contribution is -0.141. The van der Waals surface area contributed by atoms with Crippen LogP contribution in [0.5, 0.6) is 0 Å². The lowest BCUT2D eigenvalue weighted by Gasteiger charge is -2.32. The van der Waals surface area contributed by atoms with E-state index in [4.69, 9.17) is 0 Å². The highest BCUT2D eigenvalue weighted by atomic mass is 16.4. The molecule has 2 heterocycles. The standard InChI is InChI=1S/C14H19N3O3/c1-16-7-10(15-8-16)13(18)17-11-5-3-2-4-9(11)6-12(17)14(19)20/h7-9,11-12H,2-6H2,1H3,(H,19,20)/t9-,11-,12+/m1/s1. The van der Waals surface area contributed by atoms with Gasteiger partial charge < -0.3 is 14.6 Å². The van der Waals surface area contributed by atoms with Gasteiger partial charge in [-0.25, -0.2) is 9.78 Å². The summed E-state index contributed by atoms with van der Waals surface area (Å²) in [6.45, 7) is 0. The van der Waals surface area contributed by atoms with E-state index in [1.165, 1.54) is 0 Å². The van der Waals surface area contributed by atoms with Crippen molar-refractivity contribution >= 4 is 11.9 Å². The van der Waals surface area contributed by atoms with Crippen molar-refractivity contribution in [1.29, 1.82) is 0 Å². The molecule has 2 fully saturated rings. The molecule has 0 spiro atoms. The van der Waals surface area contributed by atoms with Gasteiger partial charge in [0.2, 0.25) is 0 Å². The van der Waals surface area contributed by atoms with Crippen LogP contribution in [0.2, 0.25) is 0 Å². The summed E-state index contributed by atoms with van der Waals surface area (Å²) < 4.78 is 1.71. The number of aliphatic carboxylic acids is 1. The highest BCUT2D eigenvalue weighted by Gasteiger charge is 2.48. The van der Waals surface area contributed by atoms with Crippen molar-refractivity contribution in [1.82, 2.24) is 14.5 Å². The molecular weight excluding hydrogens is 258 g/mol. The fourth-order valence-electron chi connectivity index (χ4n) is 3.63. The molecule has 108 valence electrons. The zero-order chi connectivity index (χ0) is 14.3. The van der Waals surface area contributed by atoms with Crippen molar-refractivity contribution in [3.63, 3.8) is 0 Å². The molecule has 1 N–H and O–H groups in total. The minimum absolute atomic E-state index is 0.0688. The highest BCUT2D eigenvalue weighted by Crippen LogP contribution is 2.40. The predicted octanol–water partition coefficient (Wildman–Crippen LogP) is 1.28. The predicted molar refractivity (Wildman–Crippen MR) is 71.2 cm³/mol. The second-order valence-corrected chi connectivity index (χ2v) is 5.84. The van der Waals surface area contributed by atoms with E-state index in [0.29, 0.717) is 18.0 Å². The average Bonchev–Trinajstić information content (AvgIpc) is 3.01. The molecule has 3 rings (SSSR count). The third-order valence-electron chi connectivity index (χ3n) is 4.53. The van der Waals surface area contributed by atoms with E-state index < -0.39 is 12.0 Å². The maximum atomic E-state index is 12.6. The number of fused-ring (bicyclic) bond motifs is 1. The molecule has 1 aliphatic carbocycles. The zero-order valence-corrected chi connectivity index (χ0v) is 11.5. The van der Waals surface area contributed by atoms with Crippen LogP contribution in [0.3, 0.4) is 0 Å². The molecule has 6 nitrogen and oxygen atoms in total. The summed E-state index contributed by atoms with van der Waals surface area (Å²) in [7, 11) is 1.80. The van der Waals surface area contributed by atoms with Gasteiger partial charge in [-0.05, 0) is 25.2 Å². The van der Waals surface area contributed by atoms with Crippen LogP contribution in [0.4, 0.5) is 0 Å². The summed E-state index contributed by atoms with van der Waals surface area (Å²) in [6.07, 6.45) is 7.94. The van der Waals surface area contributed by atoms with Crippen LogP contribution >= 0.6 is 0 Å². The molecule has 1 saturated carbocycles. The van der Waals surface area contributed by atoms with Crippen LogP contribution in [-0.2, 0) is 11.8 Å². The van der Waals surface area contributed by atoms with Crippen molar-refractivity contribution in [2.75, 3.05) is 0 Å². The Balaban J connectivity index is 1.90. The normalized spacial score (nSPS) is 29.2. The Kier molecular flexibility index (Phi) is 3.23. The number of aryl methyl sites for hydroxylation is 1. The van der Waals surface area contributed by atoms with E-state index in [9.17, 15) is 14.7 Å². The second-order valence-electron chi connectivity index (χ2n) is 5.84. The van der Waals surface area contributed by atoms with Gasteiger partial charge in [-0.2, -0.15) is 0 Å². The number of aromatic nitrogens is 2. The van der Waals surface area contributed by atoms with Gasteiger partial charge in [-0.15, -0.1) is 0 Å². The minimum atomic E-state index is -0.899. The molecule has 1 aromatic rings. The smallest absolute Gasteiger partial charge is 0.326 e. The number of hydrogen-bond acceptors (Lipinski definition) is 3. The van der Waals surface area contributed by atoms with Crippen LogP contribution in [0.15, 0.2) is 12.5 Å². The van der Waals surface area contributed by atoms with Crippen LogP contribution in [-0.4, -0.2) is 43.5 Å². The Morgan fingerprint density at radius 1 is 1.35 bits per heavy atom. The molecule has 20 heavy (non-hydrogen) atoms. The molecular formula is C14H19N3O3. The van der Waals surface area contributed by atoms with Crippen molar-refractivity contribution in [2.24, 2.45) is 13.0 Å². The van der Waals surface area contributed by atoms with Gasteiger partial charge in [0.05, 0.1) is 6.33 Å². The van der Waals surface area contributed by atoms with Crippen LogP contribution < -0.4 is 0 Å². The Hall–Kier alpha value is -1.85. The topological polar surface area (TPSA) is 75.4 Å². The number of carboxylic acid groups (broad SMARTS) is 1. The summed E-state index contributed by atoms with van der Waals surface area (Å²) in [5, 5.41) is 9.41. The summed E-state index contributed by atoms with van der Waals surface area (Å²) in [4.78, 5) is 29.7. The molecule has 0 bridgehead atoms. The molecule has 0 aromatic carbocycles. The summed E-state index contributed by atoms with van der Waals surface area (Å²) in [5.41, 5.74) is 0.338. The van der Waals surface area contributed by atoms with E-state index in [0.717, 1.165) is 25.7 Å². The first-order valence-corrected chi connectivity index (χ1v) is 7.11. The third-order valence-corrected chi connectivity index (χ3v) is 4.53. The van der Waals surface area contributed by atoms with E-state index >= 15 is 0 Å². The number of carbonyl (C=O) groups is 2. The summed E-state index contributed by atoms with van der Waals surface area (Å²) >= 11 is 0. The number of hydrogen-bond donors (Lipinski definition) is 1. The fraction of sp³-hybridized carbons (Fsp3) is 0.643. The quantitative estimate of drug-likeness (QED) is 0.883. The number of carbonyl (C=O) groups excluding carboxylic acids is 1. The molecule has 1 aromatic heterocycles. The fourth-order valence-corrected chi connectivity index (χ4v) is 3.63. The van der Waals surface area contributed by atoms with Gasteiger partial charge in [-0.3, -0.25) is 4.79 Å². The first kappa shape index (κ1) is 13.1. The lowest BCUT2D eigenvalue weighted by atomic mass is 9.84. The van der Waals surface area contributed by atoms with Crippen LogP contribution in [0.1, 0.15) is 42.6 Å².